The molecule has 6 atom stereocenters. The van der Waals surface area contributed by atoms with Gasteiger partial charge in [-0.15, -0.1) is 0 Å². The average Bonchev–Trinajstić information content (AvgIpc) is 2.54. The first-order valence-corrected chi connectivity index (χ1v) is 10.6. The van der Waals surface area contributed by atoms with Crippen LogP contribution in [0.3, 0.4) is 0 Å². The maximum absolute atomic E-state index is 6.69. The Morgan fingerprint density at radius 3 is 1.13 bits per heavy atom. The van der Waals surface area contributed by atoms with Crippen LogP contribution in [0.15, 0.2) is 0 Å². The van der Waals surface area contributed by atoms with Crippen LogP contribution in [-0.4, -0.2) is 12.2 Å². The fourth-order valence-electron chi connectivity index (χ4n) is 5.74. The summed E-state index contributed by atoms with van der Waals surface area (Å²) >= 11 is 0. The molecule has 0 aromatic rings. The van der Waals surface area contributed by atoms with Crippen molar-refractivity contribution in [2.24, 2.45) is 35.5 Å². The van der Waals surface area contributed by atoms with Gasteiger partial charge in [0.15, 0.2) is 0 Å². The zero-order valence-corrected chi connectivity index (χ0v) is 16.7. The van der Waals surface area contributed by atoms with Crippen LogP contribution in [0.1, 0.15) is 92.9 Å². The minimum absolute atomic E-state index is 0.437. The predicted molar refractivity (Wildman–Crippen MR) is 101 cm³/mol. The summed E-state index contributed by atoms with van der Waals surface area (Å²) in [6.07, 6.45) is 12.2. The third-order valence-electron chi connectivity index (χ3n) is 7.10. The largest absolute Gasteiger partial charge is 0.375 e. The van der Waals surface area contributed by atoms with Crippen LogP contribution in [-0.2, 0) is 4.74 Å². The number of rotatable bonds is 6. The molecule has 0 bridgehead atoms. The van der Waals surface area contributed by atoms with Gasteiger partial charge in [-0.2, -0.15) is 0 Å². The first kappa shape index (κ1) is 19.3. The minimum atomic E-state index is 0.437. The smallest absolute Gasteiger partial charge is 0.0581 e. The van der Waals surface area contributed by atoms with Crippen molar-refractivity contribution in [3.63, 3.8) is 0 Å². The number of hydrogen-bond acceptors (Lipinski definition) is 1. The molecule has 136 valence electrons. The van der Waals surface area contributed by atoms with Crippen LogP contribution in [0.25, 0.3) is 0 Å². The molecule has 1 heteroatoms. The van der Waals surface area contributed by atoms with Crippen LogP contribution >= 0.6 is 0 Å². The van der Waals surface area contributed by atoms with E-state index < -0.39 is 0 Å². The molecule has 0 amide bonds. The molecule has 0 aromatic carbocycles. The minimum Gasteiger partial charge on any atom is -0.375 e. The Morgan fingerprint density at radius 1 is 0.522 bits per heavy atom. The Bertz CT molecular complexity index is 303. The summed E-state index contributed by atoms with van der Waals surface area (Å²) in [4.78, 5) is 0. The molecule has 2 aliphatic rings. The van der Waals surface area contributed by atoms with E-state index in [1.807, 2.05) is 0 Å². The summed E-state index contributed by atoms with van der Waals surface area (Å²) in [5.41, 5.74) is 0. The lowest BCUT2D eigenvalue weighted by molar-refractivity contribution is -0.0944. The zero-order chi connectivity index (χ0) is 17.0. The van der Waals surface area contributed by atoms with Gasteiger partial charge >= 0.3 is 0 Å². The van der Waals surface area contributed by atoms with E-state index >= 15 is 0 Å². The topological polar surface area (TPSA) is 9.23 Å². The van der Waals surface area contributed by atoms with E-state index in [2.05, 4.69) is 41.5 Å². The maximum Gasteiger partial charge on any atom is 0.0581 e. The van der Waals surface area contributed by atoms with Crippen molar-refractivity contribution in [2.75, 3.05) is 0 Å². The van der Waals surface area contributed by atoms with Gasteiger partial charge in [0, 0.05) is 0 Å². The molecule has 0 N–H and O–H groups in total. The van der Waals surface area contributed by atoms with Crippen LogP contribution in [0.5, 0.6) is 0 Å². The lowest BCUT2D eigenvalue weighted by atomic mass is 9.70. The van der Waals surface area contributed by atoms with E-state index in [4.69, 9.17) is 4.74 Å². The van der Waals surface area contributed by atoms with Crippen molar-refractivity contribution in [1.82, 2.24) is 0 Å². The fraction of sp³-hybridized carbons (Fsp3) is 1.00. The summed E-state index contributed by atoms with van der Waals surface area (Å²) in [6.45, 7) is 14.4. The zero-order valence-electron chi connectivity index (χ0n) is 16.7. The van der Waals surface area contributed by atoms with Crippen molar-refractivity contribution in [3.8, 4) is 0 Å². The van der Waals surface area contributed by atoms with E-state index in [1.165, 1.54) is 51.4 Å². The van der Waals surface area contributed by atoms with Gasteiger partial charge in [0.2, 0.25) is 0 Å². The SMILES string of the molecule is CC(C)C1CCCCC1C(C)OC(C)C1CCCCC1C(C)C. The van der Waals surface area contributed by atoms with Gasteiger partial charge in [-0.3, -0.25) is 0 Å². The first-order valence-electron chi connectivity index (χ1n) is 10.6. The Balaban J connectivity index is 1.95. The highest BCUT2D eigenvalue weighted by molar-refractivity contribution is 4.85. The molecule has 23 heavy (non-hydrogen) atoms. The van der Waals surface area contributed by atoms with Crippen LogP contribution < -0.4 is 0 Å². The predicted octanol–water partition coefficient (Wildman–Crippen LogP) is 6.70. The van der Waals surface area contributed by atoms with E-state index in [0.29, 0.717) is 12.2 Å². The highest BCUT2D eigenvalue weighted by Crippen LogP contribution is 2.41. The summed E-state index contributed by atoms with van der Waals surface area (Å²) in [5.74, 6) is 4.93. The average molecular weight is 323 g/mol. The first-order chi connectivity index (χ1) is 10.9. The van der Waals surface area contributed by atoms with Gasteiger partial charge in [-0.25, -0.2) is 0 Å². The van der Waals surface area contributed by atoms with Crippen LogP contribution in [0.2, 0.25) is 0 Å². The molecule has 0 aromatic heterocycles. The molecule has 0 saturated heterocycles. The molecule has 2 fully saturated rings. The summed E-state index contributed by atoms with van der Waals surface area (Å²) in [7, 11) is 0. The number of hydrogen-bond donors (Lipinski definition) is 0. The molecular formula is C22H42O. The molecule has 0 radical (unpaired) electrons. The summed E-state index contributed by atoms with van der Waals surface area (Å²) in [6, 6.07) is 0. The Hall–Kier alpha value is -0.0400. The molecule has 0 aliphatic heterocycles. The lowest BCUT2D eigenvalue weighted by Crippen LogP contribution is -2.39. The van der Waals surface area contributed by atoms with Crippen molar-refractivity contribution in [2.45, 2.75) is 105 Å². The standard InChI is InChI=1S/C22H42O/c1-15(2)19-11-7-9-13-21(19)17(5)23-18(6)22-14-10-8-12-20(22)16(3)4/h15-22H,7-14H2,1-6H3. The fourth-order valence-corrected chi connectivity index (χ4v) is 5.74. The monoisotopic (exact) mass is 322 g/mol. The highest BCUT2D eigenvalue weighted by Gasteiger charge is 2.36. The van der Waals surface area contributed by atoms with Gasteiger partial charge < -0.3 is 4.74 Å². The molecule has 1 nitrogen and oxygen atoms in total. The quantitative estimate of drug-likeness (QED) is 0.528. The maximum atomic E-state index is 6.69. The lowest BCUT2D eigenvalue weighted by Gasteiger charge is -2.42. The van der Waals surface area contributed by atoms with Crippen molar-refractivity contribution in [1.29, 1.82) is 0 Å². The van der Waals surface area contributed by atoms with E-state index in [1.54, 1.807) is 0 Å². The van der Waals surface area contributed by atoms with Crippen LogP contribution in [0, 0.1) is 35.5 Å². The molecule has 2 aliphatic carbocycles. The van der Waals surface area contributed by atoms with Gasteiger partial charge in [0.05, 0.1) is 12.2 Å². The van der Waals surface area contributed by atoms with Crippen LogP contribution in [0.4, 0.5) is 0 Å². The molecule has 0 spiro atoms. The van der Waals surface area contributed by atoms with Gasteiger partial charge in [0.1, 0.15) is 0 Å². The summed E-state index contributed by atoms with van der Waals surface area (Å²) < 4.78 is 6.69. The molecular weight excluding hydrogens is 280 g/mol. The second-order valence-corrected chi connectivity index (χ2v) is 9.26. The van der Waals surface area contributed by atoms with Gasteiger partial charge in [-0.1, -0.05) is 53.4 Å². The molecule has 6 unspecified atom stereocenters. The van der Waals surface area contributed by atoms with Crippen molar-refractivity contribution in [3.05, 3.63) is 0 Å². The Kier molecular flexibility index (Phi) is 7.45. The van der Waals surface area contributed by atoms with E-state index in [9.17, 15) is 0 Å². The van der Waals surface area contributed by atoms with Gasteiger partial charge in [0.25, 0.3) is 0 Å². The second kappa shape index (κ2) is 8.88. The third-order valence-corrected chi connectivity index (χ3v) is 7.10. The Labute approximate surface area is 146 Å². The van der Waals surface area contributed by atoms with Crippen molar-refractivity contribution >= 4 is 0 Å². The van der Waals surface area contributed by atoms with E-state index in [-0.39, 0.29) is 0 Å². The van der Waals surface area contributed by atoms with E-state index in [0.717, 1.165) is 35.5 Å². The molecule has 2 saturated carbocycles. The highest BCUT2D eigenvalue weighted by atomic mass is 16.5. The van der Waals surface area contributed by atoms with Crippen molar-refractivity contribution < 1.29 is 4.74 Å². The molecule has 2 rings (SSSR count). The summed E-state index contributed by atoms with van der Waals surface area (Å²) in [5, 5.41) is 0. The second-order valence-electron chi connectivity index (χ2n) is 9.26. The van der Waals surface area contributed by atoms with Gasteiger partial charge in [-0.05, 0) is 75.0 Å². The normalized spacial score (nSPS) is 35.5. The Morgan fingerprint density at radius 2 is 0.826 bits per heavy atom. The number of ether oxygens (including phenoxy) is 1. The molecule has 0 heterocycles. The third kappa shape index (κ3) is 4.97.